The Hall–Kier alpha value is -3.79. The molecule has 9 nitrogen and oxygen atoms in total. The van der Waals surface area contributed by atoms with Crippen LogP contribution in [-0.4, -0.2) is 57.2 Å². The van der Waals surface area contributed by atoms with Crippen molar-refractivity contribution in [3.05, 3.63) is 65.5 Å². The minimum Gasteiger partial charge on any atom is -0.459 e. The highest BCUT2D eigenvalue weighted by molar-refractivity contribution is 6.33. The number of nitrogens with zero attached hydrogens (tertiary/aromatic N) is 4. The average Bonchev–Trinajstić information content (AvgIpc) is 3.62. The molecule has 0 bridgehead atoms. The van der Waals surface area contributed by atoms with E-state index >= 15 is 0 Å². The molecule has 198 valence electrons. The molecule has 0 aliphatic carbocycles. The number of fused-ring (bicyclic) bond motifs is 2. The fourth-order valence-electron chi connectivity index (χ4n) is 5.35. The Morgan fingerprint density at radius 1 is 0.897 bits per heavy atom. The molecule has 3 atom stereocenters. The van der Waals surface area contributed by atoms with Gasteiger partial charge < -0.3 is 23.6 Å². The first-order valence-electron chi connectivity index (χ1n) is 13.0. The van der Waals surface area contributed by atoms with Crippen LogP contribution in [0.1, 0.15) is 18.7 Å². The summed E-state index contributed by atoms with van der Waals surface area (Å²) >= 11 is 6.66. The van der Waals surface area contributed by atoms with Gasteiger partial charge in [-0.3, -0.25) is 0 Å². The number of hydrogen-bond donors (Lipinski definition) is 1. The Bertz CT molecular complexity index is 1620. The molecule has 0 radical (unpaired) electrons. The lowest BCUT2D eigenvalue weighted by molar-refractivity contribution is 0.0655. The normalized spacial score (nSPS) is 21.1. The van der Waals surface area contributed by atoms with Gasteiger partial charge in [-0.1, -0.05) is 48.0 Å². The Balaban J connectivity index is 1.10. The van der Waals surface area contributed by atoms with Crippen LogP contribution in [0.2, 0.25) is 5.02 Å². The van der Waals surface area contributed by atoms with E-state index in [-0.39, 0.29) is 12.2 Å². The number of pyridine rings is 1. The van der Waals surface area contributed by atoms with Gasteiger partial charge >= 0.3 is 0 Å². The molecule has 2 fully saturated rings. The van der Waals surface area contributed by atoms with Crippen molar-refractivity contribution in [3.8, 4) is 39.8 Å². The first kappa shape index (κ1) is 24.3. The topological polar surface area (TPSA) is 108 Å². The van der Waals surface area contributed by atoms with E-state index in [1.54, 1.807) is 6.92 Å². The fraction of sp³-hybridized carbons (Fsp3) is 0.310. The fourth-order valence-corrected chi connectivity index (χ4v) is 5.61. The molecule has 39 heavy (non-hydrogen) atoms. The van der Waals surface area contributed by atoms with E-state index in [1.165, 1.54) is 0 Å². The van der Waals surface area contributed by atoms with Crippen LogP contribution in [0.4, 0.5) is 0 Å². The third-order valence-electron chi connectivity index (χ3n) is 7.39. The van der Waals surface area contributed by atoms with Crippen LogP contribution in [0, 0.1) is 12.8 Å². The van der Waals surface area contributed by atoms with E-state index < -0.39 is 0 Å². The highest BCUT2D eigenvalue weighted by Gasteiger charge is 2.40. The molecule has 2 aliphatic heterocycles. The van der Waals surface area contributed by atoms with E-state index in [9.17, 15) is 0 Å². The molecule has 2 saturated heterocycles. The maximum Gasteiger partial charge on any atom is 0.296 e. The number of nitrogens with one attached hydrogen (secondary N) is 1. The van der Waals surface area contributed by atoms with Crippen LogP contribution < -0.4 is 4.74 Å². The maximum atomic E-state index is 6.66. The molecule has 2 aliphatic rings. The second kappa shape index (κ2) is 10.1. The second-order valence-corrected chi connectivity index (χ2v) is 10.3. The van der Waals surface area contributed by atoms with Gasteiger partial charge in [-0.15, -0.1) is 10.2 Å². The number of benzene rings is 2. The van der Waals surface area contributed by atoms with E-state index in [0.717, 1.165) is 53.8 Å². The molecule has 1 unspecified atom stereocenters. The van der Waals surface area contributed by atoms with Crippen LogP contribution in [0.3, 0.4) is 0 Å². The molecule has 5 aromatic rings. The minimum atomic E-state index is -0.0649. The summed E-state index contributed by atoms with van der Waals surface area (Å²) in [6, 6.07) is 18.4. The van der Waals surface area contributed by atoms with Gasteiger partial charge in [-0.05, 0) is 42.2 Å². The van der Waals surface area contributed by atoms with Crippen molar-refractivity contribution in [3.63, 3.8) is 0 Å². The summed E-state index contributed by atoms with van der Waals surface area (Å²) in [5.41, 5.74) is 5.88. The van der Waals surface area contributed by atoms with Gasteiger partial charge in [-0.25, -0.2) is 4.98 Å². The molecule has 5 heterocycles. The third-order valence-corrected chi connectivity index (χ3v) is 7.68. The number of aryl methyl sites for hydroxylation is 1. The lowest BCUT2D eigenvalue weighted by atomic mass is 9.94. The monoisotopic (exact) mass is 543 g/mol. The molecule has 7 rings (SSSR count). The largest absolute Gasteiger partial charge is 0.459 e. The highest BCUT2D eigenvalue weighted by Crippen LogP contribution is 2.34. The predicted molar refractivity (Wildman–Crippen MR) is 145 cm³/mol. The van der Waals surface area contributed by atoms with Crippen LogP contribution in [0.5, 0.6) is 6.01 Å². The van der Waals surface area contributed by atoms with E-state index in [4.69, 9.17) is 35.2 Å². The molecular weight excluding hydrogens is 518 g/mol. The summed E-state index contributed by atoms with van der Waals surface area (Å²) in [4.78, 5) is 12.6. The number of imidazole rings is 1. The molecule has 3 aromatic heterocycles. The quantitative estimate of drug-likeness (QED) is 0.293. The lowest BCUT2D eigenvalue weighted by Gasteiger charge is -2.19. The van der Waals surface area contributed by atoms with Crippen molar-refractivity contribution in [1.82, 2.24) is 25.1 Å². The zero-order valence-corrected chi connectivity index (χ0v) is 22.0. The van der Waals surface area contributed by atoms with E-state index in [1.807, 2.05) is 42.5 Å². The average molecular weight is 544 g/mol. The molecule has 1 N–H and O–H groups in total. The summed E-state index contributed by atoms with van der Waals surface area (Å²) < 4.78 is 23.3. The summed E-state index contributed by atoms with van der Waals surface area (Å²) in [6.07, 6.45) is 1.93. The zero-order valence-electron chi connectivity index (χ0n) is 21.3. The summed E-state index contributed by atoms with van der Waals surface area (Å²) in [5, 5.41) is 8.51. The number of ether oxygens (including phenoxy) is 3. The van der Waals surface area contributed by atoms with Crippen molar-refractivity contribution in [2.24, 2.45) is 5.92 Å². The Morgan fingerprint density at radius 2 is 1.62 bits per heavy atom. The molecule has 2 aromatic carbocycles. The van der Waals surface area contributed by atoms with Crippen molar-refractivity contribution in [2.75, 3.05) is 19.8 Å². The van der Waals surface area contributed by atoms with Gasteiger partial charge in [0.1, 0.15) is 6.10 Å². The van der Waals surface area contributed by atoms with Crippen molar-refractivity contribution >= 4 is 22.8 Å². The lowest BCUT2D eigenvalue weighted by Crippen LogP contribution is -2.29. The van der Waals surface area contributed by atoms with Gasteiger partial charge in [0.25, 0.3) is 6.01 Å². The Kier molecular flexibility index (Phi) is 6.27. The number of aromatic amines is 1. The summed E-state index contributed by atoms with van der Waals surface area (Å²) in [6.45, 7) is 3.79. The van der Waals surface area contributed by atoms with Gasteiger partial charge in [0.05, 0.1) is 28.9 Å². The molecular formula is C29H26ClN5O4. The van der Waals surface area contributed by atoms with E-state index in [2.05, 4.69) is 32.3 Å². The first-order chi connectivity index (χ1) is 19.1. The standard InChI is InChI=1S/C29H26ClN5O4/c1-16-34-35-28(38-16)20-8-4-18(5-9-20)17-2-6-19(7-3-17)26-22(30)14-23-27(32-26)33-29(31-23)39-25-15-37-24-11-13-36-12-10-21(24)25/h2-9,14,21,24-25H,10-13,15H2,1H3,(H,31,32,33)/t21-,24-,25?/m1/s1. The third kappa shape index (κ3) is 4.78. The number of hydrogen-bond acceptors (Lipinski definition) is 8. The second-order valence-electron chi connectivity index (χ2n) is 9.89. The van der Waals surface area contributed by atoms with Crippen LogP contribution in [0.15, 0.2) is 59.0 Å². The molecule has 0 saturated carbocycles. The number of H-pyrrole nitrogens is 1. The first-order valence-corrected chi connectivity index (χ1v) is 13.4. The summed E-state index contributed by atoms with van der Waals surface area (Å²) in [5.74, 6) is 1.35. The maximum absolute atomic E-state index is 6.66. The predicted octanol–water partition coefficient (Wildman–Crippen LogP) is 5.88. The van der Waals surface area contributed by atoms with Crippen LogP contribution in [0.25, 0.3) is 45.0 Å². The number of aromatic nitrogens is 5. The van der Waals surface area contributed by atoms with Crippen molar-refractivity contribution in [1.29, 1.82) is 0 Å². The molecule has 0 spiro atoms. The van der Waals surface area contributed by atoms with Crippen molar-refractivity contribution < 1.29 is 18.6 Å². The number of rotatable bonds is 5. The Labute approximate surface area is 229 Å². The molecule has 10 heteroatoms. The van der Waals surface area contributed by atoms with Crippen LogP contribution >= 0.6 is 11.6 Å². The highest BCUT2D eigenvalue weighted by atomic mass is 35.5. The van der Waals surface area contributed by atoms with E-state index in [0.29, 0.717) is 46.7 Å². The zero-order chi connectivity index (χ0) is 26.3. The smallest absolute Gasteiger partial charge is 0.296 e. The SMILES string of the molecule is Cc1nnc(-c2ccc(-c3ccc(-c4nc5nc(OC6CO[C@@H]7CCOCC[C@@H]67)[nH]c5cc4Cl)cc3)cc2)o1. The summed E-state index contributed by atoms with van der Waals surface area (Å²) in [7, 11) is 0. The minimum absolute atomic E-state index is 0.0649. The van der Waals surface area contributed by atoms with Gasteiger partial charge in [0.2, 0.25) is 11.8 Å². The van der Waals surface area contributed by atoms with Crippen LogP contribution in [-0.2, 0) is 9.47 Å². The van der Waals surface area contributed by atoms with Gasteiger partial charge in [-0.2, -0.15) is 4.98 Å². The molecule has 0 amide bonds. The van der Waals surface area contributed by atoms with Gasteiger partial charge in [0, 0.05) is 37.2 Å². The number of halogens is 1. The van der Waals surface area contributed by atoms with Gasteiger partial charge in [0.15, 0.2) is 5.65 Å². The van der Waals surface area contributed by atoms with Crippen molar-refractivity contribution in [2.45, 2.75) is 32.0 Å². The Morgan fingerprint density at radius 3 is 2.36 bits per heavy atom.